The van der Waals surface area contributed by atoms with E-state index < -0.39 is 0 Å². The van der Waals surface area contributed by atoms with Gasteiger partial charge in [-0.15, -0.1) is 11.3 Å². The monoisotopic (exact) mass is 160 g/mol. The molecule has 0 spiro atoms. The van der Waals surface area contributed by atoms with Gasteiger partial charge in [0.25, 0.3) is 0 Å². The fourth-order valence-electron chi connectivity index (χ4n) is 0.330. The van der Waals surface area contributed by atoms with E-state index in [1.54, 1.807) is 5.38 Å². The van der Waals surface area contributed by atoms with Crippen LogP contribution >= 0.6 is 22.9 Å². The van der Waals surface area contributed by atoms with Crippen molar-refractivity contribution in [3.8, 4) is 0 Å². The van der Waals surface area contributed by atoms with Gasteiger partial charge < -0.3 is 0 Å². The Balaban J connectivity index is 2.97. The van der Waals surface area contributed by atoms with Crippen molar-refractivity contribution in [1.82, 2.24) is 4.98 Å². The third-order valence-corrected chi connectivity index (χ3v) is 1.64. The average Bonchev–Trinajstić information content (AvgIpc) is 2.17. The number of aromatic nitrogens is 1. The van der Waals surface area contributed by atoms with E-state index in [4.69, 9.17) is 17.1 Å². The van der Waals surface area contributed by atoms with Crippen molar-refractivity contribution in [1.29, 1.82) is 0 Å². The lowest BCUT2D eigenvalue weighted by Gasteiger charge is -1.70. The van der Waals surface area contributed by atoms with Crippen LogP contribution in [0.15, 0.2) is 10.5 Å². The Kier molecular flexibility index (Phi) is 1.89. The molecule has 0 N–H and O–H groups in total. The SMILES string of the molecule is [N-]=[N+]=Nc1nc(Cl)cs1. The first kappa shape index (κ1) is 6.35. The number of hydrogen-bond donors (Lipinski definition) is 0. The highest BCUT2D eigenvalue weighted by molar-refractivity contribution is 7.13. The number of halogens is 1. The number of thiazole rings is 1. The van der Waals surface area contributed by atoms with Crippen LogP contribution in [-0.4, -0.2) is 4.98 Å². The average molecular weight is 161 g/mol. The van der Waals surface area contributed by atoms with E-state index in [0.717, 1.165) is 0 Å². The van der Waals surface area contributed by atoms with E-state index >= 15 is 0 Å². The van der Waals surface area contributed by atoms with Gasteiger partial charge in [-0.05, 0) is 10.6 Å². The molecule has 1 aromatic rings. The standard InChI is InChI=1S/C3HClN4S/c4-2-1-9-3(6-2)7-8-5/h1H. The van der Waals surface area contributed by atoms with Crippen LogP contribution < -0.4 is 0 Å². The molecule has 0 aliphatic heterocycles. The molecule has 6 heteroatoms. The molecule has 0 fully saturated rings. The summed E-state index contributed by atoms with van der Waals surface area (Å²) >= 11 is 6.62. The van der Waals surface area contributed by atoms with Crippen molar-refractivity contribution in [2.75, 3.05) is 0 Å². The van der Waals surface area contributed by atoms with Gasteiger partial charge in [0, 0.05) is 10.3 Å². The molecule has 4 nitrogen and oxygen atoms in total. The third kappa shape index (κ3) is 1.57. The lowest BCUT2D eigenvalue weighted by atomic mass is 11.0. The Hall–Kier alpha value is -0.770. The molecule has 1 aromatic heterocycles. The van der Waals surface area contributed by atoms with E-state index in [1.807, 2.05) is 0 Å². The van der Waals surface area contributed by atoms with Crippen LogP contribution in [0.5, 0.6) is 0 Å². The molecular formula is C3HClN4S. The minimum atomic E-state index is 0.350. The van der Waals surface area contributed by atoms with Crippen molar-refractivity contribution in [3.63, 3.8) is 0 Å². The van der Waals surface area contributed by atoms with Gasteiger partial charge >= 0.3 is 0 Å². The summed E-state index contributed by atoms with van der Waals surface area (Å²) in [4.78, 5) is 6.20. The van der Waals surface area contributed by atoms with Crippen LogP contribution in [0.1, 0.15) is 0 Å². The van der Waals surface area contributed by atoms with Crippen LogP contribution in [0.2, 0.25) is 5.15 Å². The maximum Gasteiger partial charge on any atom is 0.181 e. The topological polar surface area (TPSA) is 61.7 Å². The van der Waals surface area contributed by atoms with Crippen molar-refractivity contribution < 1.29 is 0 Å². The van der Waals surface area contributed by atoms with Gasteiger partial charge in [0.2, 0.25) is 0 Å². The number of rotatable bonds is 1. The van der Waals surface area contributed by atoms with Gasteiger partial charge in [0.05, 0.1) is 0 Å². The van der Waals surface area contributed by atoms with Gasteiger partial charge in [-0.2, -0.15) is 0 Å². The quantitative estimate of drug-likeness (QED) is 0.354. The summed E-state index contributed by atoms with van der Waals surface area (Å²) in [6.07, 6.45) is 0. The zero-order valence-corrected chi connectivity index (χ0v) is 5.72. The zero-order valence-electron chi connectivity index (χ0n) is 4.15. The molecular weight excluding hydrogens is 160 g/mol. The lowest BCUT2D eigenvalue weighted by Crippen LogP contribution is -1.55. The maximum absolute atomic E-state index is 7.91. The van der Waals surface area contributed by atoms with Crippen LogP contribution in [0.25, 0.3) is 10.4 Å². The van der Waals surface area contributed by atoms with Gasteiger partial charge in [0.1, 0.15) is 5.15 Å². The molecule has 0 saturated carbocycles. The molecule has 46 valence electrons. The molecule has 9 heavy (non-hydrogen) atoms. The summed E-state index contributed by atoms with van der Waals surface area (Å²) in [5.41, 5.74) is 7.91. The molecule has 0 amide bonds. The van der Waals surface area contributed by atoms with Gasteiger partial charge in [-0.3, -0.25) is 0 Å². The van der Waals surface area contributed by atoms with Crippen LogP contribution in [0.4, 0.5) is 5.13 Å². The predicted molar refractivity (Wildman–Crippen MR) is 35.9 cm³/mol. The molecule has 0 unspecified atom stereocenters. The summed E-state index contributed by atoms with van der Waals surface area (Å²) < 4.78 is 0. The second-order valence-corrected chi connectivity index (χ2v) is 2.37. The smallest absolute Gasteiger partial charge is 0.181 e. The first-order chi connectivity index (χ1) is 4.33. The molecule has 0 aliphatic carbocycles. The van der Waals surface area contributed by atoms with Crippen LogP contribution in [-0.2, 0) is 0 Å². The van der Waals surface area contributed by atoms with E-state index in [2.05, 4.69) is 15.0 Å². The first-order valence-electron chi connectivity index (χ1n) is 1.99. The summed E-state index contributed by atoms with van der Waals surface area (Å²) in [6.45, 7) is 0. The van der Waals surface area contributed by atoms with Crippen molar-refractivity contribution in [3.05, 3.63) is 21.0 Å². The van der Waals surface area contributed by atoms with Crippen molar-refractivity contribution >= 4 is 28.1 Å². The fraction of sp³-hybridized carbons (Fsp3) is 0. The van der Waals surface area contributed by atoms with E-state index in [-0.39, 0.29) is 0 Å². The highest BCUT2D eigenvalue weighted by Crippen LogP contribution is 2.21. The van der Waals surface area contributed by atoms with Crippen molar-refractivity contribution in [2.24, 2.45) is 5.11 Å². The Morgan fingerprint density at radius 2 is 2.67 bits per heavy atom. The van der Waals surface area contributed by atoms with E-state index in [9.17, 15) is 0 Å². The molecule has 0 radical (unpaired) electrons. The summed E-state index contributed by atoms with van der Waals surface area (Å²) in [5, 5.41) is 5.55. The zero-order chi connectivity index (χ0) is 6.69. The van der Waals surface area contributed by atoms with E-state index in [1.165, 1.54) is 11.3 Å². The summed E-state index contributed by atoms with van der Waals surface area (Å²) in [6, 6.07) is 0. The summed E-state index contributed by atoms with van der Waals surface area (Å²) in [5.74, 6) is 0. The fourth-order valence-corrected chi connectivity index (χ4v) is 1.08. The molecule has 1 rings (SSSR count). The number of hydrogen-bond acceptors (Lipinski definition) is 3. The molecule has 0 aliphatic rings. The molecule has 0 atom stereocenters. The van der Waals surface area contributed by atoms with Crippen LogP contribution in [0.3, 0.4) is 0 Å². The maximum atomic E-state index is 7.91. The minimum absolute atomic E-state index is 0.350. The minimum Gasteiger partial charge on any atom is -0.223 e. The molecule has 1 heterocycles. The van der Waals surface area contributed by atoms with Gasteiger partial charge in [-0.1, -0.05) is 11.6 Å². The highest BCUT2D eigenvalue weighted by Gasteiger charge is 1.93. The predicted octanol–water partition coefficient (Wildman–Crippen LogP) is 2.74. The Bertz CT molecular complexity index is 250. The lowest BCUT2D eigenvalue weighted by molar-refractivity contribution is 1.34. The molecule has 0 aromatic carbocycles. The van der Waals surface area contributed by atoms with E-state index in [0.29, 0.717) is 10.3 Å². The Morgan fingerprint density at radius 3 is 3.11 bits per heavy atom. The number of azide groups is 1. The largest absolute Gasteiger partial charge is 0.223 e. The van der Waals surface area contributed by atoms with Gasteiger partial charge in [-0.25, -0.2) is 4.98 Å². The van der Waals surface area contributed by atoms with Crippen molar-refractivity contribution in [2.45, 2.75) is 0 Å². The normalized spacial score (nSPS) is 8.56. The summed E-state index contributed by atoms with van der Waals surface area (Å²) in [7, 11) is 0. The third-order valence-electron chi connectivity index (χ3n) is 0.594. The second-order valence-electron chi connectivity index (χ2n) is 1.14. The first-order valence-corrected chi connectivity index (χ1v) is 3.25. The van der Waals surface area contributed by atoms with Gasteiger partial charge in [0.15, 0.2) is 5.13 Å². The second kappa shape index (κ2) is 2.68. The Morgan fingerprint density at radius 1 is 1.89 bits per heavy atom. The number of nitrogens with zero attached hydrogens (tertiary/aromatic N) is 4. The molecule has 0 saturated heterocycles. The highest BCUT2D eigenvalue weighted by atomic mass is 35.5. The Labute approximate surface area is 59.7 Å². The molecule has 0 bridgehead atoms. The van der Waals surface area contributed by atoms with Crippen LogP contribution in [0, 0.1) is 0 Å².